The van der Waals surface area contributed by atoms with Crippen molar-refractivity contribution in [2.24, 2.45) is 7.05 Å². The van der Waals surface area contributed by atoms with E-state index in [9.17, 15) is 9.18 Å². The van der Waals surface area contributed by atoms with Gasteiger partial charge in [0.05, 0.1) is 12.2 Å². The van der Waals surface area contributed by atoms with Gasteiger partial charge in [-0.1, -0.05) is 0 Å². The highest BCUT2D eigenvalue weighted by Gasteiger charge is 2.17. The lowest BCUT2D eigenvalue weighted by Gasteiger charge is -2.01. The minimum atomic E-state index is -0.378. The van der Waals surface area contributed by atoms with Gasteiger partial charge >= 0.3 is 0 Å². The minimum Gasteiger partial charge on any atom is -0.397 e. The van der Waals surface area contributed by atoms with Crippen LogP contribution in [0.25, 0.3) is 10.1 Å². The molecule has 0 aliphatic heterocycles. The van der Waals surface area contributed by atoms with Crippen LogP contribution in [0.4, 0.5) is 10.1 Å². The first-order chi connectivity index (χ1) is 10.0. The fourth-order valence-electron chi connectivity index (χ4n) is 1.96. The highest BCUT2D eigenvalue weighted by molar-refractivity contribution is 7.21. The maximum atomic E-state index is 13.2. The third-order valence-corrected chi connectivity index (χ3v) is 4.13. The molecule has 108 valence electrons. The molecule has 3 N–H and O–H groups in total. The summed E-state index contributed by atoms with van der Waals surface area (Å²) in [7, 11) is 1.75. The molecule has 0 saturated heterocycles. The molecular formula is C13H12FN5OS. The van der Waals surface area contributed by atoms with Crippen LogP contribution in [0.3, 0.4) is 0 Å². The predicted octanol–water partition coefficient (Wildman–Crippen LogP) is 1.68. The molecule has 0 bridgehead atoms. The Hall–Kier alpha value is -2.48. The summed E-state index contributed by atoms with van der Waals surface area (Å²) in [5, 5.41) is 7.33. The van der Waals surface area contributed by atoms with E-state index < -0.39 is 0 Å². The van der Waals surface area contributed by atoms with Gasteiger partial charge in [-0.3, -0.25) is 9.48 Å². The van der Waals surface area contributed by atoms with Gasteiger partial charge in [0.25, 0.3) is 5.91 Å². The Labute approximate surface area is 123 Å². The molecule has 2 heterocycles. The zero-order valence-electron chi connectivity index (χ0n) is 11.1. The quantitative estimate of drug-likeness (QED) is 0.771. The number of nitrogens with zero attached hydrogens (tertiary/aromatic N) is 3. The van der Waals surface area contributed by atoms with E-state index in [-0.39, 0.29) is 18.3 Å². The number of fused-ring (bicyclic) bond motifs is 1. The Kier molecular flexibility index (Phi) is 3.30. The van der Waals surface area contributed by atoms with E-state index in [1.54, 1.807) is 24.1 Å². The van der Waals surface area contributed by atoms with Crippen LogP contribution in [0.2, 0.25) is 0 Å². The lowest BCUT2D eigenvalue weighted by Crippen LogP contribution is -2.23. The number of carbonyl (C=O) groups excluding carboxylic acids is 1. The smallest absolute Gasteiger partial charge is 0.263 e. The number of thiophene rings is 1. The van der Waals surface area contributed by atoms with Crippen molar-refractivity contribution in [3.63, 3.8) is 0 Å². The number of aromatic nitrogens is 3. The van der Waals surface area contributed by atoms with Crippen LogP contribution in [0, 0.1) is 5.82 Å². The van der Waals surface area contributed by atoms with Gasteiger partial charge in [-0.15, -0.1) is 11.3 Å². The van der Waals surface area contributed by atoms with E-state index in [4.69, 9.17) is 5.73 Å². The van der Waals surface area contributed by atoms with Gasteiger partial charge in [-0.2, -0.15) is 5.10 Å². The molecule has 3 rings (SSSR count). The zero-order chi connectivity index (χ0) is 15.0. The van der Waals surface area contributed by atoms with Crippen molar-refractivity contribution in [3.05, 3.63) is 41.0 Å². The fourth-order valence-corrected chi connectivity index (χ4v) is 2.98. The summed E-state index contributed by atoms with van der Waals surface area (Å²) in [4.78, 5) is 16.5. The molecule has 2 aromatic heterocycles. The first kappa shape index (κ1) is 13.5. The van der Waals surface area contributed by atoms with Gasteiger partial charge in [-0.25, -0.2) is 9.37 Å². The Morgan fingerprint density at radius 2 is 2.33 bits per heavy atom. The molecule has 0 saturated carbocycles. The first-order valence-corrected chi connectivity index (χ1v) is 6.96. The standard InChI is InChI=1S/C13H12FN5OS/c1-19-6-17-10(18-19)5-16-13(20)12-11(15)8-4-7(14)2-3-9(8)21-12/h2-4,6H,5,15H2,1H3,(H,16,20). The van der Waals surface area contributed by atoms with Crippen LogP contribution < -0.4 is 11.1 Å². The third-order valence-electron chi connectivity index (χ3n) is 2.95. The van der Waals surface area contributed by atoms with Gasteiger partial charge in [0.15, 0.2) is 5.82 Å². The molecule has 0 spiro atoms. The highest BCUT2D eigenvalue weighted by atomic mass is 32.1. The molecule has 0 fully saturated rings. The number of nitrogens with one attached hydrogen (secondary N) is 1. The number of hydrogen-bond donors (Lipinski definition) is 2. The van der Waals surface area contributed by atoms with Crippen LogP contribution in [0.15, 0.2) is 24.5 Å². The van der Waals surface area contributed by atoms with Crippen molar-refractivity contribution in [2.45, 2.75) is 6.54 Å². The number of nitrogens with two attached hydrogens (primary N) is 1. The van der Waals surface area contributed by atoms with Crippen molar-refractivity contribution < 1.29 is 9.18 Å². The number of amides is 1. The Balaban J connectivity index is 1.82. The number of nitrogen functional groups attached to an aromatic ring is 1. The Bertz CT molecular complexity index is 825. The van der Waals surface area contributed by atoms with E-state index >= 15 is 0 Å². The summed E-state index contributed by atoms with van der Waals surface area (Å²) >= 11 is 1.23. The Morgan fingerprint density at radius 1 is 1.52 bits per heavy atom. The van der Waals surface area contributed by atoms with Gasteiger partial charge < -0.3 is 11.1 Å². The van der Waals surface area contributed by atoms with E-state index in [1.165, 1.54) is 23.5 Å². The largest absolute Gasteiger partial charge is 0.397 e. The van der Waals surface area contributed by atoms with Gasteiger partial charge in [0, 0.05) is 17.1 Å². The van der Waals surface area contributed by atoms with Crippen LogP contribution in [0.5, 0.6) is 0 Å². The molecule has 6 nitrogen and oxygen atoms in total. The molecule has 21 heavy (non-hydrogen) atoms. The fraction of sp³-hybridized carbons (Fsp3) is 0.154. The van der Waals surface area contributed by atoms with Crippen molar-refractivity contribution in [3.8, 4) is 0 Å². The van der Waals surface area contributed by atoms with E-state index in [2.05, 4.69) is 15.4 Å². The monoisotopic (exact) mass is 305 g/mol. The summed E-state index contributed by atoms with van der Waals surface area (Å²) in [6.45, 7) is 0.210. The second kappa shape index (κ2) is 5.13. The molecule has 0 aliphatic rings. The molecule has 1 aromatic carbocycles. The lowest BCUT2D eigenvalue weighted by molar-refractivity contribution is 0.0955. The van der Waals surface area contributed by atoms with Crippen molar-refractivity contribution in [1.29, 1.82) is 0 Å². The Morgan fingerprint density at radius 3 is 3.05 bits per heavy atom. The molecule has 0 aliphatic carbocycles. The average molecular weight is 305 g/mol. The maximum absolute atomic E-state index is 13.2. The van der Waals surface area contributed by atoms with Crippen molar-refractivity contribution in [2.75, 3.05) is 5.73 Å². The van der Waals surface area contributed by atoms with Gasteiger partial charge in [0.1, 0.15) is 17.0 Å². The second-order valence-electron chi connectivity index (χ2n) is 4.50. The first-order valence-electron chi connectivity index (χ1n) is 6.15. The van der Waals surface area contributed by atoms with E-state index in [0.717, 1.165) is 4.70 Å². The van der Waals surface area contributed by atoms with Crippen LogP contribution >= 0.6 is 11.3 Å². The van der Waals surface area contributed by atoms with Crippen LogP contribution in [0.1, 0.15) is 15.5 Å². The zero-order valence-corrected chi connectivity index (χ0v) is 11.9. The van der Waals surface area contributed by atoms with Gasteiger partial charge in [0.2, 0.25) is 0 Å². The van der Waals surface area contributed by atoms with Gasteiger partial charge in [-0.05, 0) is 18.2 Å². The third kappa shape index (κ3) is 2.57. The highest BCUT2D eigenvalue weighted by Crippen LogP contribution is 2.33. The summed E-state index contributed by atoms with van der Waals surface area (Å²) in [5.74, 6) is -0.185. The SMILES string of the molecule is Cn1cnc(CNC(=O)c2sc3ccc(F)cc3c2N)n1. The molecule has 0 unspecified atom stereocenters. The maximum Gasteiger partial charge on any atom is 0.263 e. The van der Waals surface area contributed by atoms with Crippen LogP contribution in [-0.4, -0.2) is 20.7 Å². The van der Waals surface area contributed by atoms with E-state index in [0.29, 0.717) is 21.8 Å². The van der Waals surface area contributed by atoms with Crippen molar-refractivity contribution >= 4 is 33.0 Å². The molecule has 0 atom stereocenters. The number of rotatable bonds is 3. The lowest BCUT2D eigenvalue weighted by atomic mass is 10.2. The second-order valence-corrected chi connectivity index (χ2v) is 5.55. The number of anilines is 1. The summed E-state index contributed by atoms with van der Waals surface area (Å²) in [6, 6.07) is 4.29. The normalized spacial score (nSPS) is 11.0. The summed E-state index contributed by atoms with van der Waals surface area (Å²) < 4.78 is 15.6. The number of hydrogen-bond acceptors (Lipinski definition) is 5. The molecule has 0 radical (unpaired) electrons. The topological polar surface area (TPSA) is 85.8 Å². The van der Waals surface area contributed by atoms with Crippen molar-refractivity contribution in [1.82, 2.24) is 20.1 Å². The number of halogens is 1. The average Bonchev–Trinajstić information content (AvgIpc) is 3.01. The molecule has 3 aromatic rings. The molecule has 1 amide bonds. The number of carbonyl (C=O) groups is 1. The molecular weight excluding hydrogens is 293 g/mol. The minimum absolute atomic E-state index is 0.210. The van der Waals surface area contributed by atoms with Crippen LogP contribution in [-0.2, 0) is 13.6 Å². The summed E-state index contributed by atoms with van der Waals surface area (Å²) in [6.07, 6.45) is 1.55. The molecule has 8 heteroatoms. The predicted molar refractivity (Wildman–Crippen MR) is 78.4 cm³/mol. The summed E-state index contributed by atoms with van der Waals surface area (Å²) in [5.41, 5.74) is 6.22. The number of benzene rings is 1. The van der Waals surface area contributed by atoms with E-state index in [1.807, 2.05) is 0 Å². The number of aryl methyl sites for hydroxylation is 1.